The normalized spacial score (nSPS) is 16.2. The predicted molar refractivity (Wildman–Crippen MR) is 132 cm³/mol. The number of hydrogen-bond donors (Lipinski definition) is 1. The van der Waals surface area contributed by atoms with Crippen molar-refractivity contribution in [3.63, 3.8) is 0 Å². The van der Waals surface area contributed by atoms with E-state index in [0.717, 1.165) is 33.2 Å². The van der Waals surface area contributed by atoms with Gasteiger partial charge in [0.1, 0.15) is 16.9 Å². The highest BCUT2D eigenvalue weighted by atomic mass is 16.4. The molecule has 1 atom stereocenters. The summed E-state index contributed by atoms with van der Waals surface area (Å²) >= 11 is 0. The molecule has 1 unspecified atom stereocenters. The van der Waals surface area contributed by atoms with Crippen LogP contribution in [0.1, 0.15) is 36.1 Å². The Kier molecular flexibility index (Phi) is 5.93. The summed E-state index contributed by atoms with van der Waals surface area (Å²) < 4.78 is 11.6. The molecule has 0 radical (unpaired) electrons. The molecular weight excluding hydrogens is 446 g/mol. The Bertz CT molecular complexity index is 1500. The maximum absolute atomic E-state index is 12.8. The number of carbonyl (C=O) groups excluding carboxylic acids is 1. The van der Waals surface area contributed by atoms with Gasteiger partial charge in [-0.1, -0.05) is 30.3 Å². The molecule has 1 aliphatic heterocycles. The van der Waals surface area contributed by atoms with Crippen molar-refractivity contribution in [3.05, 3.63) is 69.8 Å². The minimum Gasteiger partial charge on any atom is -0.481 e. The number of aryl methyl sites for hydroxylation is 2. The Morgan fingerprint density at radius 2 is 1.80 bits per heavy atom. The van der Waals surface area contributed by atoms with Gasteiger partial charge >= 0.3 is 11.6 Å². The zero-order chi connectivity index (χ0) is 24.7. The number of carboxylic acids is 1. The summed E-state index contributed by atoms with van der Waals surface area (Å²) in [6, 6.07) is 13.7. The SMILES string of the molecule is Cc1oc2cc3oc(=O)c(CCC(=O)N4CCCC(C(=O)O)C4)c(C)c3cc2c1-c1ccccc1. The molecule has 0 saturated carbocycles. The van der Waals surface area contributed by atoms with Gasteiger partial charge < -0.3 is 18.8 Å². The molecular formula is C28H27NO6. The van der Waals surface area contributed by atoms with E-state index in [4.69, 9.17) is 8.83 Å². The molecule has 5 rings (SSSR count). The van der Waals surface area contributed by atoms with Crippen LogP contribution in [-0.2, 0) is 16.0 Å². The van der Waals surface area contributed by atoms with E-state index in [1.807, 2.05) is 50.2 Å². The highest BCUT2D eigenvalue weighted by Gasteiger charge is 2.28. The fourth-order valence-electron chi connectivity index (χ4n) is 5.15. The minimum atomic E-state index is -0.871. The summed E-state index contributed by atoms with van der Waals surface area (Å²) in [5.74, 6) is -0.750. The van der Waals surface area contributed by atoms with Gasteiger partial charge in [0.15, 0.2) is 0 Å². The van der Waals surface area contributed by atoms with Crippen LogP contribution in [0.5, 0.6) is 0 Å². The van der Waals surface area contributed by atoms with Crippen molar-refractivity contribution in [3.8, 4) is 11.1 Å². The first kappa shape index (κ1) is 22.9. The van der Waals surface area contributed by atoms with E-state index >= 15 is 0 Å². The van der Waals surface area contributed by atoms with E-state index in [-0.39, 0.29) is 25.3 Å². The van der Waals surface area contributed by atoms with Crippen molar-refractivity contribution in [2.75, 3.05) is 13.1 Å². The van der Waals surface area contributed by atoms with Gasteiger partial charge in [-0.25, -0.2) is 4.79 Å². The first-order valence-electron chi connectivity index (χ1n) is 11.9. The third-order valence-corrected chi connectivity index (χ3v) is 7.05. The molecule has 0 bridgehead atoms. The average molecular weight is 474 g/mol. The summed E-state index contributed by atoms with van der Waals surface area (Å²) in [5, 5.41) is 11.0. The monoisotopic (exact) mass is 473 g/mol. The molecule has 1 amide bonds. The first-order valence-corrected chi connectivity index (χ1v) is 11.9. The number of benzene rings is 2. The van der Waals surface area contributed by atoms with Crippen LogP contribution in [0.15, 0.2) is 56.1 Å². The quantitative estimate of drug-likeness (QED) is 0.406. The first-order chi connectivity index (χ1) is 16.8. The smallest absolute Gasteiger partial charge is 0.339 e. The van der Waals surface area contributed by atoms with Crippen LogP contribution in [0.25, 0.3) is 33.1 Å². The zero-order valence-corrected chi connectivity index (χ0v) is 19.8. The Labute approximate surface area is 201 Å². The van der Waals surface area contributed by atoms with Gasteiger partial charge in [-0.3, -0.25) is 9.59 Å². The maximum Gasteiger partial charge on any atom is 0.339 e. The number of carboxylic acid groups (broad SMARTS) is 1. The van der Waals surface area contributed by atoms with Gasteiger partial charge in [-0.15, -0.1) is 0 Å². The van der Waals surface area contributed by atoms with Crippen molar-refractivity contribution in [1.82, 2.24) is 4.90 Å². The largest absolute Gasteiger partial charge is 0.481 e. The van der Waals surface area contributed by atoms with Crippen molar-refractivity contribution in [1.29, 1.82) is 0 Å². The topological polar surface area (TPSA) is 101 Å². The summed E-state index contributed by atoms with van der Waals surface area (Å²) in [4.78, 5) is 38.5. The van der Waals surface area contributed by atoms with Gasteiger partial charge in [-0.2, -0.15) is 0 Å². The molecule has 0 spiro atoms. The van der Waals surface area contributed by atoms with Gasteiger partial charge in [0, 0.05) is 47.5 Å². The number of carbonyl (C=O) groups is 2. The van der Waals surface area contributed by atoms with Crippen molar-refractivity contribution in [2.45, 2.75) is 39.5 Å². The van der Waals surface area contributed by atoms with Gasteiger partial charge in [0.25, 0.3) is 0 Å². The molecule has 0 aliphatic carbocycles. The van der Waals surface area contributed by atoms with E-state index in [1.54, 1.807) is 11.0 Å². The molecule has 4 aromatic rings. The predicted octanol–water partition coefficient (Wildman–Crippen LogP) is 5.08. The summed E-state index contributed by atoms with van der Waals surface area (Å²) in [6.45, 7) is 4.57. The number of likely N-dealkylation sites (tertiary alicyclic amines) is 1. The molecule has 1 fully saturated rings. The number of aliphatic carboxylic acids is 1. The summed E-state index contributed by atoms with van der Waals surface area (Å²) in [7, 11) is 0. The van der Waals surface area contributed by atoms with Crippen molar-refractivity contribution < 1.29 is 23.5 Å². The number of piperidine rings is 1. The van der Waals surface area contributed by atoms with E-state index in [2.05, 4.69) is 0 Å². The molecule has 2 aromatic carbocycles. The fourth-order valence-corrected chi connectivity index (χ4v) is 5.15. The average Bonchev–Trinajstić information content (AvgIpc) is 3.17. The molecule has 7 heteroatoms. The number of rotatable bonds is 5. The maximum atomic E-state index is 12.8. The lowest BCUT2D eigenvalue weighted by Crippen LogP contribution is -2.42. The second-order valence-corrected chi connectivity index (χ2v) is 9.25. The molecule has 7 nitrogen and oxygen atoms in total. The standard InChI is InChI=1S/C28H27NO6/c1-16-20(10-11-25(30)29-12-6-9-19(15-29)27(31)32)28(33)35-23-14-24-22(13-21(16)23)26(17(2)34-24)18-7-4-3-5-8-18/h3-5,7-8,13-14,19H,6,9-12,15H2,1-2H3,(H,31,32). The zero-order valence-electron chi connectivity index (χ0n) is 19.8. The molecule has 1 saturated heterocycles. The highest BCUT2D eigenvalue weighted by Crippen LogP contribution is 2.37. The molecule has 1 aliphatic rings. The summed E-state index contributed by atoms with van der Waals surface area (Å²) in [5.41, 5.74) is 3.94. The molecule has 35 heavy (non-hydrogen) atoms. The Hall–Kier alpha value is -3.87. The van der Waals surface area contributed by atoms with Crippen LogP contribution in [0.3, 0.4) is 0 Å². The van der Waals surface area contributed by atoms with Gasteiger partial charge in [0.05, 0.1) is 5.92 Å². The van der Waals surface area contributed by atoms with Crippen LogP contribution in [0.2, 0.25) is 0 Å². The number of nitrogens with zero attached hydrogens (tertiary/aromatic N) is 1. The lowest BCUT2D eigenvalue weighted by atomic mass is 9.96. The number of hydrogen-bond acceptors (Lipinski definition) is 5. The number of amides is 1. The van der Waals surface area contributed by atoms with E-state index in [0.29, 0.717) is 36.1 Å². The number of fused-ring (bicyclic) bond motifs is 2. The Morgan fingerprint density at radius 3 is 2.54 bits per heavy atom. The highest BCUT2D eigenvalue weighted by molar-refractivity contribution is 6.03. The molecule has 180 valence electrons. The Balaban J connectivity index is 1.47. The third kappa shape index (κ3) is 4.22. The summed E-state index contributed by atoms with van der Waals surface area (Å²) in [6.07, 6.45) is 1.63. The molecule has 3 heterocycles. The second-order valence-electron chi connectivity index (χ2n) is 9.25. The van der Waals surface area contributed by atoms with Crippen molar-refractivity contribution in [2.24, 2.45) is 5.92 Å². The van der Waals surface area contributed by atoms with Crippen LogP contribution >= 0.6 is 0 Å². The Morgan fingerprint density at radius 1 is 1.06 bits per heavy atom. The van der Waals surface area contributed by atoms with Gasteiger partial charge in [-0.05, 0) is 50.3 Å². The lowest BCUT2D eigenvalue weighted by Gasteiger charge is -2.30. The lowest BCUT2D eigenvalue weighted by molar-refractivity contribution is -0.145. The second kappa shape index (κ2) is 9.06. The molecule has 1 N–H and O–H groups in total. The van der Waals surface area contributed by atoms with E-state index in [9.17, 15) is 19.5 Å². The fraction of sp³-hybridized carbons (Fsp3) is 0.321. The van der Waals surface area contributed by atoms with E-state index in [1.165, 1.54) is 0 Å². The molecule has 2 aromatic heterocycles. The van der Waals surface area contributed by atoms with Crippen LogP contribution in [0.4, 0.5) is 0 Å². The van der Waals surface area contributed by atoms with Crippen molar-refractivity contribution >= 4 is 33.8 Å². The van der Waals surface area contributed by atoms with Crippen LogP contribution in [0, 0.1) is 19.8 Å². The van der Waals surface area contributed by atoms with Crippen LogP contribution < -0.4 is 5.63 Å². The number of furan rings is 1. The minimum absolute atomic E-state index is 0.131. The van der Waals surface area contributed by atoms with Crippen LogP contribution in [-0.4, -0.2) is 35.0 Å². The van der Waals surface area contributed by atoms with E-state index < -0.39 is 17.5 Å². The van der Waals surface area contributed by atoms with Gasteiger partial charge in [0.2, 0.25) is 5.91 Å². The third-order valence-electron chi connectivity index (χ3n) is 7.05.